The molecule has 3 heteroatoms. The van der Waals surface area contributed by atoms with Crippen molar-refractivity contribution in [1.82, 2.24) is 4.57 Å². The van der Waals surface area contributed by atoms with Crippen LogP contribution < -0.4 is 0 Å². The number of aromatic nitrogens is 1. The molecule has 3 aromatic heterocycles. The predicted molar refractivity (Wildman–Crippen MR) is 172 cm³/mol. The molecular weight excluding hydrogens is 511 g/mol. The van der Waals surface area contributed by atoms with Crippen LogP contribution in [0.25, 0.3) is 79.0 Å². The lowest BCUT2D eigenvalue weighted by molar-refractivity contribution is 1.19. The predicted octanol–water partition coefficient (Wildman–Crippen LogP) is 11.2. The summed E-state index contributed by atoms with van der Waals surface area (Å²) in [6, 6.07) is 46.9. The Morgan fingerprint density at radius 3 is 1.90 bits per heavy atom. The molecule has 0 aliphatic heterocycles. The van der Waals surface area contributed by atoms with E-state index in [0.29, 0.717) is 0 Å². The number of fused-ring (bicyclic) bond motifs is 9. The van der Waals surface area contributed by atoms with Crippen molar-refractivity contribution in [3.63, 3.8) is 0 Å². The number of hydrogen-bond acceptors (Lipinski definition) is 2. The van der Waals surface area contributed by atoms with Crippen molar-refractivity contribution in [3.05, 3.63) is 127 Å². The lowest BCUT2D eigenvalue weighted by atomic mass is 9.98. The lowest BCUT2D eigenvalue weighted by Gasteiger charge is -2.08. The maximum Gasteiger partial charge on any atom is 0.0541 e. The average Bonchev–Trinajstić information content (AvgIpc) is 3.65. The molecule has 1 nitrogen and oxygen atoms in total. The van der Waals surface area contributed by atoms with E-state index in [1.807, 2.05) is 22.7 Å². The van der Waals surface area contributed by atoms with E-state index >= 15 is 0 Å². The molecule has 0 saturated heterocycles. The fourth-order valence-corrected chi connectivity index (χ4v) is 8.54. The minimum atomic E-state index is 1.21. The van der Waals surface area contributed by atoms with Gasteiger partial charge < -0.3 is 4.57 Å². The molecule has 0 fully saturated rings. The summed E-state index contributed by atoms with van der Waals surface area (Å²) < 4.78 is 7.75. The second-order valence-electron chi connectivity index (χ2n) is 10.1. The first-order valence-corrected chi connectivity index (χ1v) is 14.8. The van der Waals surface area contributed by atoms with Crippen LogP contribution in [0, 0.1) is 0 Å². The molecule has 0 radical (unpaired) electrons. The van der Waals surface area contributed by atoms with Crippen LogP contribution in [0.2, 0.25) is 0 Å². The highest BCUT2D eigenvalue weighted by atomic mass is 32.1. The zero-order valence-corrected chi connectivity index (χ0v) is 22.5. The zero-order chi connectivity index (χ0) is 25.5. The van der Waals surface area contributed by atoms with Crippen LogP contribution in [0.1, 0.15) is 0 Å². The van der Waals surface area contributed by atoms with Gasteiger partial charge in [-0.25, -0.2) is 0 Å². The van der Waals surface area contributed by atoms with E-state index < -0.39 is 0 Å². The highest BCUT2D eigenvalue weighted by molar-refractivity contribution is 7.26. The van der Waals surface area contributed by atoms with Crippen molar-refractivity contribution >= 4 is 84.8 Å². The molecule has 3 heterocycles. The van der Waals surface area contributed by atoms with Crippen LogP contribution in [-0.4, -0.2) is 4.57 Å². The van der Waals surface area contributed by atoms with E-state index in [-0.39, 0.29) is 0 Å². The Kier molecular flexibility index (Phi) is 4.43. The van der Waals surface area contributed by atoms with Gasteiger partial charge in [-0.1, -0.05) is 78.9 Å². The molecule has 9 rings (SSSR count). The van der Waals surface area contributed by atoms with Gasteiger partial charge in [-0.2, -0.15) is 0 Å². The van der Waals surface area contributed by atoms with E-state index in [0.717, 1.165) is 0 Å². The first-order valence-electron chi connectivity index (χ1n) is 13.2. The van der Waals surface area contributed by atoms with Crippen molar-refractivity contribution in [2.75, 3.05) is 0 Å². The second-order valence-corrected chi connectivity index (χ2v) is 12.3. The van der Waals surface area contributed by atoms with E-state index in [9.17, 15) is 0 Å². The monoisotopic (exact) mass is 531 g/mol. The van der Waals surface area contributed by atoms with Gasteiger partial charge in [0, 0.05) is 56.8 Å². The largest absolute Gasteiger partial charge is 0.309 e. The van der Waals surface area contributed by atoms with E-state index in [1.165, 1.54) is 79.0 Å². The van der Waals surface area contributed by atoms with Gasteiger partial charge >= 0.3 is 0 Å². The van der Waals surface area contributed by atoms with Crippen LogP contribution in [0.15, 0.2) is 127 Å². The van der Waals surface area contributed by atoms with Crippen LogP contribution in [0.5, 0.6) is 0 Å². The number of hydrogen-bond donors (Lipinski definition) is 0. The standard InChI is InChI=1S/C36H21NS2/c1-4-12-30-25(8-1)26-9-2-5-13-31(26)37(30)23-17-18-27-29-20-22(16-19-33(29)39-35(27)21-23)24-11-7-15-34-36(24)28-10-3-6-14-32(28)38-34/h1-21H. The third-order valence-electron chi connectivity index (χ3n) is 8.01. The Balaban J connectivity index is 1.26. The van der Waals surface area contributed by atoms with Crippen LogP contribution in [0.3, 0.4) is 0 Å². The summed E-state index contributed by atoms with van der Waals surface area (Å²) in [5, 5.41) is 7.96. The molecule has 0 aliphatic carbocycles. The Labute approximate surface area is 232 Å². The maximum absolute atomic E-state index is 2.41. The highest BCUT2D eigenvalue weighted by Gasteiger charge is 2.15. The summed E-state index contributed by atoms with van der Waals surface area (Å²) in [6.07, 6.45) is 0. The summed E-state index contributed by atoms with van der Waals surface area (Å²) in [6.45, 7) is 0. The maximum atomic E-state index is 2.41. The average molecular weight is 532 g/mol. The number of benzene rings is 6. The molecule has 0 unspecified atom stereocenters. The molecule has 0 bridgehead atoms. The number of thiophene rings is 2. The van der Waals surface area contributed by atoms with Gasteiger partial charge in [-0.3, -0.25) is 0 Å². The Hall–Kier alpha value is -4.44. The van der Waals surface area contributed by atoms with Gasteiger partial charge in [0.05, 0.1) is 11.0 Å². The van der Waals surface area contributed by atoms with Crippen molar-refractivity contribution in [2.24, 2.45) is 0 Å². The van der Waals surface area contributed by atoms with Gasteiger partial charge in [0.2, 0.25) is 0 Å². The highest BCUT2D eigenvalue weighted by Crippen LogP contribution is 2.43. The number of nitrogens with zero attached hydrogens (tertiary/aromatic N) is 1. The summed E-state index contributed by atoms with van der Waals surface area (Å²) in [7, 11) is 0. The molecule has 6 aromatic carbocycles. The zero-order valence-electron chi connectivity index (χ0n) is 20.9. The molecule has 9 aromatic rings. The lowest BCUT2D eigenvalue weighted by Crippen LogP contribution is -1.92. The van der Waals surface area contributed by atoms with Crippen LogP contribution >= 0.6 is 22.7 Å². The minimum absolute atomic E-state index is 1.21. The van der Waals surface area contributed by atoms with Crippen molar-refractivity contribution in [1.29, 1.82) is 0 Å². The Bertz CT molecular complexity index is 2350. The van der Waals surface area contributed by atoms with Crippen LogP contribution in [-0.2, 0) is 0 Å². The van der Waals surface area contributed by atoms with E-state index in [4.69, 9.17) is 0 Å². The first-order chi connectivity index (χ1) is 19.3. The number of rotatable bonds is 2. The van der Waals surface area contributed by atoms with E-state index in [2.05, 4.69) is 132 Å². The SMILES string of the molecule is c1ccc2c(c1)sc1cccc(-c3ccc4sc5cc(-n6c7ccccc7c7ccccc76)ccc5c4c3)c12. The molecule has 182 valence electrons. The fraction of sp³-hybridized carbons (Fsp3) is 0. The Morgan fingerprint density at radius 2 is 1.08 bits per heavy atom. The molecule has 0 atom stereocenters. The van der Waals surface area contributed by atoms with Crippen LogP contribution in [0.4, 0.5) is 0 Å². The molecule has 0 spiro atoms. The van der Waals surface area contributed by atoms with Crippen molar-refractivity contribution in [3.8, 4) is 16.8 Å². The topological polar surface area (TPSA) is 4.93 Å². The van der Waals surface area contributed by atoms with Gasteiger partial charge in [0.1, 0.15) is 0 Å². The summed E-state index contributed by atoms with van der Waals surface area (Å²) in [5.41, 5.74) is 6.30. The van der Waals surface area contributed by atoms with Crippen molar-refractivity contribution in [2.45, 2.75) is 0 Å². The molecular formula is C36H21NS2. The Morgan fingerprint density at radius 1 is 0.410 bits per heavy atom. The minimum Gasteiger partial charge on any atom is -0.309 e. The molecule has 0 aliphatic rings. The fourth-order valence-electron chi connectivity index (χ4n) is 6.29. The third kappa shape index (κ3) is 3.06. The number of para-hydroxylation sites is 2. The third-order valence-corrected chi connectivity index (χ3v) is 10.3. The van der Waals surface area contributed by atoms with Gasteiger partial charge in [0.15, 0.2) is 0 Å². The summed E-state index contributed by atoms with van der Waals surface area (Å²) in [5.74, 6) is 0. The molecule has 0 amide bonds. The van der Waals surface area contributed by atoms with Crippen molar-refractivity contribution < 1.29 is 0 Å². The first kappa shape index (κ1) is 21.5. The van der Waals surface area contributed by atoms with Gasteiger partial charge in [-0.15, -0.1) is 22.7 Å². The second kappa shape index (κ2) is 8.03. The summed E-state index contributed by atoms with van der Waals surface area (Å²) in [4.78, 5) is 0. The van der Waals surface area contributed by atoms with Gasteiger partial charge in [0.25, 0.3) is 0 Å². The molecule has 39 heavy (non-hydrogen) atoms. The quantitative estimate of drug-likeness (QED) is 0.209. The molecule has 0 N–H and O–H groups in total. The molecule has 0 saturated carbocycles. The van der Waals surface area contributed by atoms with E-state index in [1.54, 1.807) is 0 Å². The smallest absolute Gasteiger partial charge is 0.0541 e. The summed E-state index contributed by atoms with van der Waals surface area (Å²) >= 11 is 3.76. The normalized spacial score (nSPS) is 12.1. The van der Waals surface area contributed by atoms with Gasteiger partial charge in [-0.05, 0) is 59.7 Å².